The number of aryl methyl sites for hydroxylation is 1. The van der Waals surface area contributed by atoms with E-state index in [4.69, 9.17) is 14.2 Å². The lowest BCUT2D eigenvalue weighted by Gasteiger charge is -2.09. The molecule has 0 fully saturated rings. The van der Waals surface area contributed by atoms with Crippen LogP contribution in [0.5, 0.6) is 11.5 Å². The van der Waals surface area contributed by atoms with Gasteiger partial charge in [-0.1, -0.05) is 24.3 Å². The molecule has 0 amide bonds. The number of fused-ring (bicyclic) bond motifs is 1. The number of hydrogen-bond acceptors (Lipinski definition) is 6. The van der Waals surface area contributed by atoms with Gasteiger partial charge in [-0.25, -0.2) is 0 Å². The predicted octanol–water partition coefficient (Wildman–Crippen LogP) is 4.57. The molecule has 3 rings (SSSR count). The summed E-state index contributed by atoms with van der Waals surface area (Å²) in [5.41, 5.74) is 1.07. The van der Waals surface area contributed by atoms with Gasteiger partial charge in [0.15, 0.2) is 6.79 Å². The second-order valence-electron chi connectivity index (χ2n) is 5.91. The molecule has 5 nitrogen and oxygen atoms in total. The largest absolute Gasteiger partial charge is 0.488 e. The third-order valence-corrected chi connectivity index (χ3v) is 5.20. The summed E-state index contributed by atoms with van der Waals surface area (Å²) < 4.78 is 22.6. The van der Waals surface area contributed by atoms with Crippen LogP contribution in [0.15, 0.2) is 48.5 Å². The van der Waals surface area contributed by atoms with Gasteiger partial charge in [-0.15, -0.1) is 11.3 Å². The fourth-order valence-corrected chi connectivity index (χ4v) is 3.76. The number of methoxy groups -OCH3 is 2. The van der Waals surface area contributed by atoms with Crippen LogP contribution in [0.2, 0.25) is 0 Å². The van der Waals surface area contributed by atoms with Crippen LogP contribution in [-0.2, 0) is 27.3 Å². The Bertz CT molecular complexity index is 885. The summed E-state index contributed by atoms with van der Waals surface area (Å²) in [6.07, 6.45) is 1.02. The molecule has 0 aliphatic carbocycles. The maximum absolute atomic E-state index is 11.2. The zero-order valence-electron chi connectivity index (χ0n) is 15.4. The summed E-state index contributed by atoms with van der Waals surface area (Å²) >= 11 is 1.65. The van der Waals surface area contributed by atoms with Crippen molar-refractivity contribution in [2.24, 2.45) is 0 Å². The molecule has 1 aromatic heterocycles. The summed E-state index contributed by atoms with van der Waals surface area (Å²) in [5.74, 6) is 1.38. The van der Waals surface area contributed by atoms with Crippen LogP contribution in [0.25, 0.3) is 10.1 Å². The van der Waals surface area contributed by atoms with Gasteiger partial charge in [0.25, 0.3) is 0 Å². The average Bonchev–Trinajstić information content (AvgIpc) is 3.07. The van der Waals surface area contributed by atoms with Crippen LogP contribution >= 0.6 is 11.3 Å². The molecule has 0 aliphatic heterocycles. The number of carbonyl (C=O) groups is 1. The summed E-state index contributed by atoms with van der Waals surface area (Å²) in [6.45, 7) is 0.614. The van der Waals surface area contributed by atoms with Crippen molar-refractivity contribution < 1.29 is 23.7 Å². The minimum Gasteiger partial charge on any atom is -0.488 e. The monoisotopic (exact) mass is 386 g/mol. The molecule has 0 N–H and O–H groups in total. The molecule has 0 aliphatic rings. The molecule has 2 aromatic carbocycles. The highest BCUT2D eigenvalue weighted by Gasteiger charge is 2.14. The first kappa shape index (κ1) is 19.2. The van der Waals surface area contributed by atoms with E-state index in [1.54, 1.807) is 18.4 Å². The third kappa shape index (κ3) is 4.99. The van der Waals surface area contributed by atoms with E-state index in [0.29, 0.717) is 19.4 Å². The maximum atomic E-state index is 11.2. The van der Waals surface area contributed by atoms with Crippen molar-refractivity contribution in [2.75, 3.05) is 21.0 Å². The summed E-state index contributed by atoms with van der Waals surface area (Å²) in [7, 11) is 3.00. The molecule has 6 heteroatoms. The van der Waals surface area contributed by atoms with Crippen molar-refractivity contribution in [2.45, 2.75) is 19.4 Å². The quantitative estimate of drug-likeness (QED) is 0.398. The Morgan fingerprint density at radius 2 is 1.78 bits per heavy atom. The molecule has 0 saturated heterocycles. The van der Waals surface area contributed by atoms with Crippen LogP contribution in [0.3, 0.4) is 0 Å². The minimum atomic E-state index is -0.205. The molecule has 1 heterocycles. The van der Waals surface area contributed by atoms with E-state index >= 15 is 0 Å². The molecule has 0 unspecified atom stereocenters. The molecule has 0 bridgehead atoms. The maximum Gasteiger partial charge on any atom is 0.305 e. The van der Waals surface area contributed by atoms with Gasteiger partial charge in [-0.3, -0.25) is 4.79 Å². The summed E-state index contributed by atoms with van der Waals surface area (Å²) in [5, 5.41) is 1.07. The molecular formula is C21H22O5S. The number of benzene rings is 2. The summed E-state index contributed by atoms with van der Waals surface area (Å²) in [4.78, 5) is 12.2. The molecule has 27 heavy (non-hydrogen) atoms. The van der Waals surface area contributed by atoms with Crippen LogP contribution in [-0.4, -0.2) is 27.0 Å². The predicted molar refractivity (Wildman–Crippen MR) is 105 cm³/mol. The first-order valence-electron chi connectivity index (χ1n) is 8.62. The fourth-order valence-electron chi connectivity index (χ4n) is 2.69. The van der Waals surface area contributed by atoms with E-state index in [0.717, 1.165) is 32.0 Å². The van der Waals surface area contributed by atoms with Gasteiger partial charge in [-0.05, 0) is 36.2 Å². The number of ether oxygens (including phenoxy) is 4. The molecule has 142 valence electrons. The van der Waals surface area contributed by atoms with Gasteiger partial charge in [0, 0.05) is 23.6 Å². The van der Waals surface area contributed by atoms with Gasteiger partial charge in [0.05, 0.1) is 12.0 Å². The number of esters is 1. The number of rotatable bonds is 9. The van der Waals surface area contributed by atoms with E-state index in [1.165, 1.54) is 7.11 Å². The van der Waals surface area contributed by atoms with Gasteiger partial charge in [0.2, 0.25) is 0 Å². The normalized spacial score (nSPS) is 10.7. The van der Waals surface area contributed by atoms with Crippen LogP contribution in [0.4, 0.5) is 0 Å². The molecule has 0 saturated carbocycles. The lowest BCUT2D eigenvalue weighted by molar-refractivity contribution is -0.140. The molecule has 0 spiro atoms. The van der Waals surface area contributed by atoms with E-state index in [-0.39, 0.29) is 12.8 Å². The first-order valence-corrected chi connectivity index (χ1v) is 9.43. The third-order valence-electron chi connectivity index (χ3n) is 4.08. The Balaban J connectivity index is 1.66. The lowest BCUT2D eigenvalue weighted by Crippen LogP contribution is -2.02. The second-order valence-corrected chi connectivity index (χ2v) is 7.05. The average molecular weight is 386 g/mol. The number of carbonyl (C=O) groups excluding carboxylic acids is 1. The molecule has 0 atom stereocenters. The Kier molecular flexibility index (Phi) is 6.68. The van der Waals surface area contributed by atoms with Crippen molar-refractivity contribution in [3.05, 3.63) is 59.0 Å². The van der Waals surface area contributed by atoms with Gasteiger partial charge in [0.1, 0.15) is 18.1 Å². The Morgan fingerprint density at radius 1 is 1.00 bits per heavy atom. The smallest absolute Gasteiger partial charge is 0.305 e. The molecule has 3 aromatic rings. The van der Waals surface area contributed by atoms with E-state index < -0.39 is 0 Å². The van der Waals surface area contributed by atoms with Crippen molar-refractivity contribution >= 4 is 27.4 Å². The van der Waals surface area contributed by atoms with Crippen LogP contribution in [0.1, 0.15) is 16.9 Å². The molecule has 0 radical (unpaired) electrons. The topological polar surface area (TPSA) is 54.0 Å². The SMILES string of the molecule is COCOc1c(COc2ccc(CCC(=O)OC)cc2)sc2ccccc12. The van der Waals surface area contributed by atoms with E-state index in [9.17, 15) is 4.79 Å². The zero-order valence-corrected chi connectivity index (χ0v) is 16.2. The highest BCUT2D eigenvalue weighted by molar-refractivity contribution is 7.19. The fraction of sp³-hybridized carbons (Fsp3) is 0.286. The Hall–Kier alpha value is -2.57. The van der Waals surface area contributed by atoms with Gasteiger partial charge in [-0.2, -0.15) is 0 Å². The van der Waals surface area contributed by atoms with Crippen molar-refractivity contribution in [1.82, 2.24) is 0 Å². The highest BCUT2D eigenvalue weighted by atomic mass is 32.1. The first-order chi connectivity index (χ1) is 13.2. The van der Waals surface area contributed by atoms with Crippen LogP contribution < -0.4 is 9.47 Å². The zero-order chi connectivity index (χ0) is 19.1. The Morgan fingerprint density at radius 3 is 2.52 bits per heavy atom. The Labute approximate surface area is 162 Å². The van der Waals surface area contributed by atoms with Crippen molar-refractivity contribution in [3.8, 4) is 11.5 Å². The summed E-state index contributed by atoms with van der Waals surface area (Å²) in [6, 6.07) is 15.9. The van der Waals surface area contributed by atoms with Gasteiger partial charge >= 0.3 is 5.97 Å². The minimum absolute atomic E-state index is 0.197. The van der Waals surface area contributed by atoms with Crippen molar-refractivity contribution in [3.63, 3.8) is 0 Å². The van der Waals surface area contributed by atoms with Gasteiger partial charge < -0.3 is 18.9 Å². The highest BCUT2D eigenvalue weighted by Crippen LogP contribution is 2.38. The van der Waals surface area contributed by atoms with Crippen molar-refractivity contribution in [1.29, 1.82) is 0 Å². The van der Waals surface area contributed by atoms with Crippen LogP contribution in [0, 0.1) is 0 Å². The second kappa shape index (κ2) is 9.39. The van der Waals surface area contributed by atoms with E-state index in [1.807, 2.05) is 42.5 Å². The standard InChI is InChI=1S/C21H22O5S/c1-23-14-26-21-17-5-3-4-6-18(17)27-19(21)13-25-16-10-7-15(8-11-16)9-12-20(22)24-2/h3-8,10-11H,9,12-14H2,1-2H3. The number of thiophene rings is 1. The van der Waals surface area contributed by atoms with E-state index in [2.05, 4.69) is 10.8 Å². The molecular weight excluding hydrogens is 364 g/mol. The number of hydrogen-bond donors (Lipinski definition) is 0. The lowest BCUT2D eigenvalue weighted by atomic mass is 10.1.